The van der Waals surface area contributed by atoms with Gasteiger partial charge in [0.2, 0.25) is 0 Å². The first-order chi connectivity index (χ1) is 11.8. The summed E-state index contributed by atoms with van der Waals surface area (Å²) in [5, 5.41) is 0. The molecule has 0 heterocycles. The molecule has 0 amide bonds. The third kappa shape index (κ3) is 7.05. The molecule has 0 aliphatic rings. The molecule has 0 atom stereocenters. The van der Waals surface area contributed by atoms with Gasteiger partial charge in [0.1, 0.15) is 12.4 Å². The van der Waals surface area contributed by atoms with Gasteiger partial charge < -0.3 is 9.62 Å². The first-order valence-corrected chi connectivity index (χ1v) is 8.86. The molecule has 2 aromatic carbocycles. The Balaban J connectivity index is 1.63. The molecule has 0 aromatic heterocycles. The molecule has 3 heteroatoms. The van der Waals surface area contributed by atoms with Gasteiger partial charge in [0.15, 0.2) is 5.75 Å². The van der Waals surface area contributed by atoms with Crippen molar-refractivity contribution in [3.05, 3.63) is 59.7 Å². The van der Waals surface area contributed by atoms with Gasteiger partial charge in [0.25, 0.3) is 0 Å². The number of aryl methyl sites for hydroxylation is 1. The van der Waals surface area contributed by atoms with E-state index in [-0.39, 0.29) is 0 Å². The van der Waals surface area contributed by atoms with Crippen molar-refractivity contribution in [2.45, 2.75) is 52.6 Å². The number of benzene rings is 2. The summed E-state index contributed by atoms with van der Waals surface area (Å²) < 4.78 is 5.75. The largest absolute Gasteiger partial charge is 0.494 e. The molecule has 24 heavy (non-hydrogen) atoms. The average molecular weight is 328 g/mol. The van der Waals surface area contributed by atoms with Crippen molar-refractivity contribution in [2.24, 2.45) is 0 Å². The van der Waals surface area contributed by atoms with Crippen LogP contribution < -0.4 is 9.62 Å². The van der Waals surface area contributed by atoms with Crippen molar-refractivity contribution in [3.63, 3.8) is 0 Å². The zero-order valence-corrected chi connectivity index (χ0v) is 14.8. The summed E-state index contributed by atoms with van der Waals surface area (Å²) in [5.41, 5.74) is 2.25. The van der Waals surface area contributed by atoms with Gasteiger partial charge in [-0.3, -0.25) is 0 Å². The van der Waals surface area contributed by atoms with Gasteiger partial charge in [-0.25, -0.2) is 0 Å². The number of hydrogen-bond acceptors (Lipinski definition) is 3. The summed E-state index contributed by atoms with van der Waals surface area (Å²) in [6.07, 6.45) is 6.26. The molecule has 2 aromatic rings. The minimum atomic E-state index is 0.408. The SMILES string of the molecule is CCCCCCCOc1ccc(COOc2ccc(C)cc2)cc1. The second-order valence-corrected chi connectivity index (χ2v) is 6.07. The highest BCUT2D eigenvalue weighted by atomic mass is 17.2. The minimum absolute atomic E-state index is 0.408. The van der Waals surface area contributed by atoms with E-state index in [0.29, 0.717) is 12.4 Å². The van der Waals surface area contributed by atoms with Crippen LogP contribution in [-0.2, 0) is 11.5 Å². The van der Waals surface area contributed by atoms with Crippen molar-refractivity contribution >= 4 is 0 Å². The number of rotatable bonds is 11. The zero-order valence-electron chi connectivity index (χ0n) is 14.8. The van der Waals surface area contributed by atoms with E-state index in [1.54, 1.807) is 0 Å². The van der Waals surface area contributed by atoms with Gasteiger partial charge >= 0.3 is 0 Å². The molecule has 0 fully saturated rings. The summed E-state index contributed by atoms with van der Waals surface area (Å²) in [6.45, 7) is 5.47. The van der Waals surface area contributed by atoms with Crippen molar-refractivity contribution in [2.75, 3.05) is 6.61 Å². The molecule has 130 valence electrons. The highest BCUT2D eigenvalue weighted by molar-refractivity contribution is 5.27. The molecule has 0 bridgehead atoms. The second-order valence-electron chi connectivity index (χ2n) is 6.07. The highest BCUT2D eigenvalue weighted by Crippen LogP contribution is 2.16. The van der Waals surface area contributed by atoms with Gasteiger partial charge in [-0.1, -0.05) is 62.4 Å². The van der Waals surface area contributed by atoms with E-state index in [1.807, 2.05) is 55.5 Å². The monoisotopic (exact) mass is 328 g/mol. The van der Waals surface area contributed by atoms with Crippen molar-refractivity contribution in [1.29, 1.82) is 0 Å². The van der Waals surface area contributed by atoms with Crippen LogP contribution in [0.1, 0.15) is 50.2 Å². The van der Waals surface area contributed by atoms with Crippen LogP contribution in [0.15, 0.2) is 48.5 Å². The molecule has 0 N–H and O–H groups in total. The number of ether oxygens (including phenoxy) is 1. The maximum atomic E-state index is 5.75. The molecule has 0 radical (unpaired) electrons. The fourth-order valence-electron chi connectivity index (χ4n) is 2.34. The minimum Gasteiger partial charge on any atom is -0.494 e. The molecule has 2 rings (SSSR count). The van der Waals surface area contributed by atoms with E-state index in [4.69, 9.17) is 14.5 Å². The Morgan fingerprint density at radius 1 is 0.750 bits per heavy atom. The van der Waals surface area contributed by atoms with E-state index < -0.39 is 0 Å². The summed E-state index contributed by atoms with van der Waals surface area (Å²) in [7, 11) is 0. The highest BCUT2D eigenvalue weighted by Gasteiger charge is 1.99. The predicted molar refractivity (Wildman–Crippen MR) is 97.3 cm³/mol. The summed E-state index contributed by atoms with van der Waals surface area (Å²) in [5.74, 6) is 1.62. The Kier molecular flexibility index (Phi) is 8.19. The van der Waals surface area contributed by atoms with E-state index in [9.17, 15) is 0 Å². The quantitative estimate of drug-likeness (QED) is 0.294. The second kappa shape index (κ2) is 10.7. The van der Waals surface area contributed by atoms with E-state index in [2.05, 4.69) is 6.92 Å². The number of unbranched alkanes of at least 4 members (excludes halogenated alkanes) is 4. The molecule has 3 nitrogen and oxygen atoms in total. The first-order valence-electron chi connectivity index (χ1n) is 8.86. The lowest BCUT2D eigenvalue weighted by atomic mass is 10.2. The molecule has 0 aliphatic heterocycles. The molecular weight excluding hydrogens is 300 g/mol. The predicted octanol–water partition coefficient (Wildman–Crippen LogP) is 5.85. The van der Waals surface area contributed by atoms with E-state index >= 15 is 0 Å². The fourth-order valence-corrected chi connectivity index (χ4v) is 2.34. The van der Waals surface area contributed by atoms with Crippen LogP contribution in [0.25, 0.3) is 0 Å². The maximum Gasteiger partial charge on any atom is 0.165 e. The summed E-state index contributed by atoms with van der Waals surface area (Å²) in [4.78, 5) is 10.6. The van der Waals surface area contributed by atoms with Gasteiger partial charge in [-0.15, -0.1) is 0 Å². The van der Waals surface area contributed by atoms with Crippen LogP contribution in [0.3, 0.4) is 0 Å². The lowest BCUT2D eigenvalue weighted by molar-refractivity contribution is -0.217. The summed E-state index contributed by atoms with van der Waals surface area (Å²) in [6, 6.07) is 15.8. The molecule has 0 saturated heterocycles. The van der Waals surface area contributed by atoms with Crippen molar-refractivity contribution in [1.82, 2.24) is 0 Å². The molecule has 0 spiro atoms. The average Bonchev–Trinajstić information content (AvgIpc) is 2.61. The smallest absolute Gasteiger partial charge is 0.165 e. The zero-order chi connectivity index (χ0) is 17.0. The van der Waals surface area contributed by atoms with Gasteiger partial charge in [0, 0.05) is 0 Å². The van der Waals surface area contributed by atoms with Crippen molar-refractivity contribution in [3.8, 4) is 11.5 Å². The van der Waals surface area contributed by atoms with Crippen LogP contribution >= 0.6 is 0 Å². The van der Waals surface area contributed by atoms with E-state index in [1.165, 1.54) is 31.2 Å². The van der Waals surface area contributed by atoms with Gasteiger partial charge in [-0.05, 0) is 43.2 Å². The molecule has 0 unspecified atom stereocenters. The molecular formula is C21H28O3. The van der Waals surface area contributed by atoms with Crippen LogP contribution in [0.4, 0.5) is 0 Å². The topological polar surface area (TPSA) is 27.7 Å². The third-order valence-electron chi connectivity index (χ3n) is 3.84. The van der Waals surface area contributed by atoms with Gasteiger partial charge in [-0.2, -0.15) is 4.89 Å². The molecule has 0 aliphatic carbocycles. The third-order valence-corrected chi connectivity index (χ3v) is 3.84. The summed E-state index contributed by atoms with van der Waals surface area (Å²) >= 11 is 0. The van der Waals surface area contributed by atoms with Gasteiger partial charge in [0.05, 0.1) is 6.61 Å². The Labute approximate surface area is 145 Å². The normalized spacial score (nSPS) is 10.6. The van der Waals surface area contributed by atoms with Crippen LogP contribution in [0, 0.1) is 6.92 Å². The Hall–Kier alpha value is -2.00. The van der Waals surface area contributed by atoms with Crippen LogP contribution in [-0.4, -0.2) is 6.61 Å². The van der Waals surface area contributed by atoms with Crippen LogP contribution in [0.5, 0.6) is 11.5 Å². The standard InChI is InChI=1S/C21H28O3/c1-3-4-5-6-7-16-22-20-14-10-19(11-15-20)17-23-24-21-12-8-18(2)9-13-21/h8-15H,3-7,16-17H2,1-2H3. The Morgan fingerprint density at radius 3 is 2.12 bits per heavy atom. The molecule has 0 saturated carbocycles. The lowest BCUT2D eigenvalue weighted by Crippen LogP contribution is -1.99. The Morgan fingerprint density at radius 2 is 1.42 bits per heavy atom. The van der Waals surface area contributed by atoms with Crippen molar-refractivity contribution < 1.29 is 14.5 Å². The van der Waals surface area contributed by atoms with Crippen LogP contribution in [0.2, 0.25) is 0 Å². The maximum absolute atomic E-state index is 5.75. The lowest BCUT2D eigenvalue weighted by Gasteiger charge is -2.08. The first kappa shape index (κ1) is 18.3. The number of hydrogen-bond donors (Lipinski definition) is 0. The van der Waals surface area contributed by atoms with E-state index in [0.717, 1.165) is 24.3 Å². The fraction of sp³-hybridized carbons (Fsp3) is 0.429. The Bertz CT molecular complexity index is 561.